The van der Waals surface area contributed by atoms with Crippen molar-refractivity contribution in [3.8, 4) is 11.1 Å². The first kappa shape index (κ1) is 54.4. The van der Waals surface area contributed by atoms with E-state index in [1.807, 2.05) is 48.5 Å². The fraction of sp³-hybridized carbons (Fsp3) is 0.444. The Morgan fingerprint density at radius 2 is 0.963 bits per heavy atom. The molecule has 0 aliphatic rings. The summed E-state index contributed by atoms with van der Waals surface area (Å²) in [5.41, 5.74) is 8.31. The van der Waals surface area contributed by atoms with Gasteiger partial charge in [0.15, 0.2) is 0 Å². The summed E-state index contributed by atoms with van der Waals surface area (Å²) in [4.78, 5) is 0. The van der Waals surface area contributed by atoms with Crippen LogP contribution in [0.15, 0.2) is 127 Å². The molecule has 5 aromatic carbocycles. The van der Waals surface area contributed by atoms with Gasteiger partial charge in [-0.15, -0.1) is 6.58 Å². The summed E-state index contributed by atoms with van der Waals surface area (Å²) in [6, 6.07) is 37.6. The largest absolute Gasteiger partial charge is 0.103 e. The number of hydrogen-bond acceptors (Lipinski definition) is 0. The van der Waals surface area contributed by atoms with Crippen LogP contribution in [0.25, 0.3) is 32.7 Å². The molecule has 0 bridgehead atoms. The molecule has 0 nitrogen and oxygen atoms in total. The second-order valence-electron chi connectivity index (χ2n) is 12.8. The average Bonchev–Trinajstić information content (AvgIpc) is 3.22. The molecule has 0 fully saturated rings. The second kappa shape index (κ2) is 36.1. The van der Waals surface area contributed by atoms with Gasteiger partial charge in [-0.3, -0.25) is 0 Å². The second-order valence-corrected chi connectivity index (χ2v) is 12.8. The Hall–Kier alpha value is -3.90. The maximum atomic E-state index is 3.36. The topological polar surface area (TPSA) is 0 Å². The lowest BCUT2D eigenvalue weighted by Crippen LogP contribution is -2.01. The molecule has 2 unspecified atom stereocenters. The van der Waals surface area contributed by atoms with Gasteiger partial charge < -0.3 is 0 Å². The van der Waals surface area contributed by atoms with E-state index >= 15 is 0 Å². The van der Waals surface area contributed by atoms with Gasteiger partial charge >= 0.3 is 0 Å². The molecule has 5 rings (SSSR count). The Kier molecular flexibility index (Phi) is 36.4. The third kappa shape index (κ3) is 19.4. The molecule has 300 valence electrons. The van der Waals surface area contributed by atoms with Crippen LogP contribution in [0.5, 0.6) is 0 Å². The van der Waals surface area contributed by atoms with Gasteiger partial charge in [-0.1, -0.05) is 237 Å². The highest BCUT2D eigenvalue weighted by atomic mass is 14.2. The number of fused-ring (bicyclic) bond motifs is 2. The predicted octanol–water partition coefficient (Wildman–Crippen LogP) is 19.1. The van der Waals surface area contributed by atoms with E-state index < -0.39 is 0 Å². The number of unbranched alkanes of at least 4 members (excludes halogenated alkanes) is 1. The number of benzene rings is 5. The Morgan fingerprint density at radius 1 is 0.593 bits per heavy atom. The smallest absolute Gasteiger partial charge is 0.00231 e. The van der Waals surface area contributed by atoms with Gasteiger partial charge in [0.1, 0.15) is 0 Å². The van der Waals surface area contributed by atoms with E-state index in [1.165, 1.54) is 80.6 Å². The molecule has 0 N–H and O–H groups in total. The fourth-order valence-corrected chi connectivity index (χ4v) is 5.48. The minimum absolute atomic E-state index is 0.363. The maximum absolute atomic E-state index is 3.36. The summed E-state index contributed by atoms with van der Waals surface area (Å²) in [5.74, 6) is 0.794. The minimum atomic E-state index is 0.363. The fourth-order valence-electron chi connectivity index (χ4n) is 5.48. The minimum Gasteiger partial charge on any atom is -0.103 e. The summed E-state index contributed by atoms with van der Waals surface area (Å²) < 4.78 is 0. The molecule has 2 atom stereocenters. The van der Waals surface area contributed by atoms with Crippen molar-refractivity contribution < 1.29 is 0 Å². The molecule has 0 amide bonds. The molecule has 0 spiro atoms. The van der Waals surface area contributed by atoms with Crippen LogP contribution in [0.1, 0.15) is 171 Å². The molecule has 0 aliphatic heterocycles. The predicted molar refractivity (Wildman–Crippen MR) is 256 cm³/mol. The Morgan fingerprint density at radius 3 is 1.39 bits per heavy atom. The van der Waals surface area contributed by atoms with Crippen molar-refractivity contribution in [2.45, 2.75) is 162 Å². The van der Waals surface area contributed by atoms with E-state index in [0.717, 1.165) is 6.42 Å². The zero-order valence-corrected chi connectivity index (χ0v) is 38.4. The van der Waals surface area contributed by atoms with Crippen LogP contribution < -0.4 is 0 Å². The highest BCUT2D eigenvalue weighted by Crippen LogP contribution is 2.38. The quantitative estimate of drug-likeness (QED) is 0.115. The lowest BCUT2D eigenvalue weighted by Gasteiger charge is -2.20. The van der Waals surface area contributed by atoms with Gasteiger partial charge in [0.2, 0.25) is 0 Å². The van der Waals surface area contributed by atoms with Crippen molar-refractivity contribution in [2.24, 2.45) is 0 Å². The van der Waals surface area contributed by atoms with E-state index in [4.69, 9.17) is 0 Å². The molecule has 5 aromatic rings. The highest BCUT2D eigenvalue weighted by molar-refractivity contribution is 6.02. The SMILES string of the molecule is C/C(=C\CC(C)c1c2ccccc2cc2ccccc12)C(C)c1ccccc1-c1ccccc1C.C=CC.CC.CC.CC.CCC.CCC.CCCC. The summed E-state index contributed by atoms with van der Waals surface area (Å²) >= 11 is 0. The van der Waals surface area contributed by atoms with Crippen LogP contribution in [0, 0.1) is 6.92 Å². The zero-order chi connectivity index (χ0) is 41.9. The average molecular weight is 733 g/mol. The number of rotatable bonds is 7. The summed E-state index contributed by atoms with van der Waals surface area (Å²) in [6.45, 7) is 39.3. The molecular formula is C54H84. The molecular weight excluding hydrogens is 649 g/mol. The maximum Gasteiger partial charge on any atom is 0.00231 e. The highest BCUT2D eigenvalue weighted by Gasteiger charge is 2.17. The molecule has 0 aromatic heterocycles. The van der Waals surface area contributed by atoms with Gasteiger partial charge in [-0.25, -0.2) is 0 Å². The van der Waals surface area contributed by atoms with Crippen molar-refractivity contribution in [2.75, 3.05) is 0 Å². The summed E-state index contributed by atoms with van der Waals surface area (Å²) in [7, 11) is 0. The Balaban J connectivity index is -0.00000117. The van der Waals surface area contributed by atoms with E-state index in [0.29, 0.717) is 11.8 Å². The Labute approximate surface area is 337 Å². The summed E-state index contributed by atoms with van der Waals surface area (Å²) in [6.07, 6.45) is 10.4. The van der Waals surface area contributed by atoms with Gasteiger partial charge in [0, 0.05) is 5.92 Å². The van der Waals surface area contributed by atoms with Crippen LogP contribution in [0.4, 0.5) is 0 Å². The van der Waals surface area contributed by atoms with Crippen molar-refractivity contribution in [1.29, 1.82) is 0 Å². The van der Waals surface area contributed by atoms with Gasteiger partial charge in [0.25, 0.3) is 0 Å². The van der Waals surface area contributed by atoms with Gasteiger partial charge in [0.05, 0.1) is 0 Å². The van der Waals surface area contributed by atoms with Crippen molar-refractivity contribution in [3.63, 3.8) is 0 Å². The number of allylic oxidation sites excluding steroid dienone is 3. The van der Waals surface area contributed by atoms with E-state index in [-0.39, 0.29) is 0 Å². The number of hydrogen-bond donors (Lipinski definition) is 0. The van der Waals surface area contributed by atoms with E-state index in [9.17, 15) is 0 Å². The first-order valence-corrected chi connectivity index (χ1v) is 21.5. The van der Waals surface area contributed by atoms with Crippen LogP contribution >= 0.6 is 0 Å². The van der Waals surface area contributed by atoms with Crippen molar-refractivity contribution >= 4 is 21.5 Å². The van der Waals surface area contributed by atoms with Gasteiger partial charge in [-0.2, -0.15) is 0 Å². The molecule has 0 aliphatic carbocycles. The third-order valence-corrected chi connectivity index (χ3v) is 8.14. The number of aryl methyl sites for hydroxylation is 1. The van der Waals surface area contributed by atoms with Crippen LogP contribution in [-0.4, -0.2) is 0 Å². The molecule has 0 heterocycles. The van der Waals surface area contributed by atoms with Crippen LogP contribution in [0.3, 0.4) is 0 Å². The van der Waals surface area contributed by atoms with Crippen molar-refractivity contribution in [1.82, 2.24) is 0 Å². The molecule has 0 heteroatoms. The van der Waals surface area contributed by atoms with Crippen LogP contribution in [0.2, 0.25) is 0 Å². The first-order chi connectivity index (χ1) is 26.2. The molecule has 0 saturated heterocycles. The van der Waals surface area contributed by atoms with E-state index in [1.54, 1.807) is 6.08 Å². The zero-order valence-electron chi connectivity index (χ0n) is 38.4. The summed E-state index contributed by atoms with van der Waals surface area (Å²) in [5, 5.41) is 5.41. The monoisotopic (exact) mass is 733 g/mol. The molecule has 0 radical (unpaired) electrons. The first-order valence-electron chi connectivity index (χ1n) is 21.5. The molecule has 54 heavy (non-hydrogen) atoms. The van der Waals surface area contributed by atoms with E-state index in [2.05, 4.69) is 185 Å². The Bertz CT molecular complexity index is 1580. The third-order valence-electron chi connectivity index (χ3n) is 8.14. The standard InChI is InChI=1S/C35H34.C4H10.2C3H8.C3H6.3C2H6/c1-24(27(4)31-17-11-12-20-34(31)30-16-8-5-13-25(30)2)21-22-26(3)35-32-18-9-6-14-28(32)23-29-15-7-10-19-33(29)35;1-3-4-2;3*1-3-2;3*1-2/h5-21,23,26-27H,22H2,1-4H3;3-4H2,1-2H3;2*3H2,1-2H3;3H,1H2,2H3;3*1-2H3/b24-21+;;;;;;;. The van der Waals surface area contributed by atoms with Crippen molar-refractivity contribution in [3.05, 3.63) is 144 Å². The lowest BCUT2D eigenvalue weighted by molar-refractivity contribution is 0.776. The lowest BCUT2D eigenvalue weighted by atomic mass is 9.84. The normalized spacial score (nSPS) is 10.7. The van der Waals surface area contributed by atoms with Gasteiger partial charge in [-0.05, 0) is 88.5 Å². The molecule has 0 saturated carbocycles. The van der Waals surface area contributed by atoms with Crippen LogP contribution in [-0.2, 0) is 0 Å².